The third-order valence-corrected chi connectivity index (χ3v) is 7.05. The number of methoxy groups -OCH3 is 1. The van der Waals surface area contributed by atoms with Crippen LogP contribution < -0.4 is 0 Å². The van der Waals surface area contributed by atoms with Gasteiger partial charge in [-0.3, -0.25) is 9.59 Å². The Morgan fingerprint density at radius 3 is 2.67 bits per heavy atom. The Morgan fingerprint density at radius 1 is 1.20 bits per heavy atom. The molecule has 6 heteroatoms. The number of hydrogen-bond donors (Lipinski definition) is 0. The van der Waals surface area contributed by atoms with Crippen molar-refractivity contribution in [3.05, 3.63) is 35.0 Å². The second kappa shape index (κ2) is 8.80. The van der Waals surface area contributed by atoms with E-state index in [4.69, 9.17) is 9.47 Å². The average Bonchev–Trinajstić information content (AvgIpc) is 3.08. The zero-order valence-electron chi connectivity index (χ0n) is 18.3. The van der Waals surface area contributed by atoms with E-state index in [0.29, 0.717) is 18.0 Å². The summed E-state index contributed by atoms with van der Waals surface area (Å²) in [5, 5.41) is 1.18. The molecule has 2 aromatic rings. The van der Waals surface area contributed by atoms with Crippen LogP contribution in [0, 0.1) is 11.8 Å². The topological polar surface area (TPSA) is 60.8 Å². The molecule has 162 valence electrons. The fourth-order valence-electron chi connectivity index (χ4n) is 5.26. The number of amides is 1. The summed E-state index contributed by atoms with van der Waals surface area (Å²) in [6.07, 6.45) is 5.72. The molecule has 1 aliphatic heterocycles. The smallest absolute Gasteiger partial charge is 0.325 e. The van der Waals surface area contributed by atoms with E-state index in [-0.39, 0.29) is 12.5 Å². The maximum atomic E-state index is 13.1. The van der Waals surface area contributed by atoms with Gasteiger partial charge < -0.3 is 18.9 Å². The van der Waals surface area contributed by atoms with Crippen LogP contribution in [0.2, 0.25) is 0 Å². The molecule has 4 rings (SSSR count). The van der Waals surface area contributed by atoms with E-state index in [2.05, 4.69) is 17.7 Å². The summed E-state index contributed by atoms with van der Waals surface area (Å²) >= 11 is 0. The zero-order chi connectivity index (χ0) is 21.3. The number of likely N-dealkylation sites (N-methyl/N-ethyl adjacent to an activating group) is 1. The fraction of sp³-hybridized carbons (Fsp3) is 0.583. The number of carbonyl (C=O) groups is 2. The maximum absolute atomic E-state index is 13.1. The number of esters is 1. The minimum Gasteiger partial charge on any atom is -0.468 e. The Labute approximate surface area is 178 Å². The molecule has 0 N–H and O–H groups in total. The van der Waals surface area contributed by atoms with Gasteiger partial charge in [0.05, 0.1) is 7.11 Å². The van der Waals surface area contributed by atoms with E-state index in [1.807, 2.05) is 19.1 Å². The number of hydrogen-bond acceptors (Lipinski definition) is 4. The number of carbonyl (C=O) groups excluding carboxylic acids is 2. The predicted octanol–water partition coefficient (Wildman–Crippen LogP) is 3.34. The number of fused-ring (bicyclic) bond motifs is 3. The van der Waals surface area contributed by atoms with Gasteiger partial charge in [-0.15, -0.1) is 0 Å². The van der Waals surface area contributed by atoms with Gasteiger partial charge in [-0.25, -0.2) is 0 Å². The summed E-state index contributed by atoms with van der Waals surface area (Å²) in [5.74, 6) is 0.905. The lowest BCUT2D eigenvalue weighted by Gasteiger charge is -2.33. The highest BCUT2D eigenvalue weighted by molar-refractivity contribution is 6.00. The highest BCUT2D eigenvalue weighted by atomic mass is 16.5. The summed E-state index contributed by atoms with van der Waals surface area (Å²) in [4.78, 5) is 26.3. The lowest BCUT2D eigenvalue weighted by atomic mass is 9.75. The van der Waals surface area contributed by atoms with Gasteiger partial charge in [0.15, 0.2) is 0 Å². The monoisotopic (exact) mass is 412 g/mol. The first kappa shape index (κ1) is 20.9. The molecular weight excluding hydrogens is 380 g/mol. The number of rotatable bonds is 5. The molecule has 1 amide bonds. The minimum atomic E-state index is -0.400. The van der Waals surface area contributed by atoms with Crippen molar-refractivity contribution in [1.82, 2.24) is 9.47 Å². The van der Waals surface area contributed by atoms with Crippen LogP contribution in [0.15, 0.2) is 18.2 Å². The van der Waals surface area contributed by atoms with Crippen molar-refractivity contribution >= 4 is 22.8 Å². The van der Waals surface area contributed by atoms with E-state index in [9.17, 15) is 9.59 Å². The van der Waals surface area contributed by atoms with E-state index in [1.54, 1.807) is 0 Å². The Kier molecular flexibility index (Phi) is 6.14. The third kappa shape index (κ3) is 3.85. The van der Waals surface area contributed by atoms with Crippen molar-refractivity contribution in [2.24, 2.45) is 18.9 Å². The molecular formula is C24H32N2O4. The third-order valence-electron chi connectivity index (χ3n) is 7.05. The van der Waals surface area contributed by atoms with Crippen molar-refractivity contribution in [2.45, 2.75) is 39.0 Å². The summed E-state index contributed by atoms with van der Waals surface area (Å²) in [6.45, 7) is 4.08. The highest BCUT2D eigenvalue weighted by Gasteiger charge is 2.31. The lowest BCUT2D eigenvalue weighted by molar-refractivity contribution is -0.141. The summed E-state index contributed by atoms with van der Waals surface area (Å²) < 4.78 is 12.6. The molecule has 2 aliphatic rings. The first-order valence-electron chi connectivity index (χ1n) is 11.1. The molecule has 0 saturated carbocycles. The molecule has 1 aromatic carbocycles. The van der Waals surface area contributed by atoms with E-state index in [1.165, 1.54) is 40.6 Å². The zero-order valence-corrected chi connectivity index (χ0v) is 18.3. The molecule has 0 spiro atoms. The Bertz CT molecular complexity index is 942. The molecule has 0 radical (unpaired) electrons. The van der Waals surface area contributed by atoms with Crippen molar-refractivity contribution in [3.63, 3.8) is 0 Å². The van der Waals surface area contributed by atoms with Gasteiger partial charge in [0.1, 0.15) is 6.54 Å². The maximum Gasteiger partial charge on any atom is 0.325 e. The highest BCUT2D eigenvalue weighted by Crippen LogP contribution is 2.39. The Hall–Kier alpha value is -2.34. The van der Waals surface area contributed by atoms with Gasteiger partial charge in [0.25, 0.3) is 5.91 Å². The van der Waals surface area contributed by atoms with Gasteiger partial charge in [0.2, 0.25) is 0 Å². The molecule has 0 bridgehead atoms. The van der Waals surface area contributed by atoms with Gasteiger partial charge in [-0.05, 0) is 74.6 Å². The predicted molar refractivity (Wildman–Crippen MR) is 116 cm³/mol. The summed E-state index contributed by atoms with van der Waals surface area (Å²) in [7, 11) is 3.48. The first-order valence-corrected chi connectivity index (χ1v) is 11.1. The SMILES string of the molecule is CCN(CC(=O)OC)C(=O)c1ccc2c(c1)c1c(n2C)CCC(C2CCOCC2)C1. The van der Waals surface area contributed by atoms with Gasteiger partial charge in [-0.2, -0.15) is 0 Å². The number of aryl methyl sites for hydroxylation is 1. The fourth-order valence-corrected chi connectivity index (χ4v) is 5.26. The molecule has 1 fully saturated rings. The summed E-state index contributed by atoms with van der Waals surface area (Å²) in [5.41, 5.74) is 4.62. The van der Waals surface area contributed by atoms with Crippen LogP contribution >= 0.6 is 0 Å². The number of nitrogens with zero attached hydrogens (tertiary/aromatic N) is 2. The Morgan fingerprint density at radius 2 is 1.97 bits per heavy atom. The van der Waals surface area contributed by atoms with E-state index >= 15 is 0 Å². The van der Waals surface area contributed by atoms with Crippen LogP contribution in [0.3, 0.4) is 0 Å². The van der Waals surface area contributed by atoms with Crippen LogP contribution in [0.25, 0.3) is 10.9 Å². The number of ether oxygens (including phenoxy) is 2. The normalized spacial score (nSPS) is 19.5. The summed E-state index contributed by atoms with van der Waals surface area (Å²) in [6, 6.07) is 5.96. The molecule has 1 atom stereocenters. The molecule has 1 aliphatic carbocycles. The van der Waals surface area contributed by atoms with Crippen molar-refractivity contribution in [1.29, 1.82) is 0 Å². The molecule has 6 nitrogen and oxygen atoms in total. The molecule has 1 saturated heterocycles. The van der Waals surface area contributed by atoms with Crippen molar-refractivity contribution in [2.75, 3.05) is 33.4 Å². The molecule has 2 heterocycles. The standard InChI is InChI=1S/C24H32N2O4/c1-4-26(15-23(27)29-3)24(28)18-6-8-22-20(14-18)19-13-17(5-7-21(19)25(22)2)16-9-11-30-12-10-16/h6,8,14,16-17H,4-5,7,9-13,15H2,1-3H3. The van der Waals surface area contributed by atoms with Crippen LogP contribution in [-0.4, -0.2) is 54.8 Å². The molecule has 30 heavy (non-hydrogen) atoms. The van der Waals surface area contributed by atoms with Crippen LogP contribution in [0.1, 0.15) is 47.8 Å². The largest absolute Gasteiger partial charge is 0.468 e. The molecule has 1 aromatic heterocycles. The van der Waals surface area contributed by atoms with Gasteiger partial charge in [-0.1, -0.05) is 0 Å². The number of benzene rings is 1. The Balaban J connectivity index is 1.64. The van der Waals surface area contributed by atoms with Crippen molar-refractivity contribution < 1.29 is 19.1 Å². The van der Waals surface area contributed by atoms with Crippen molar-refractivity contribution in [3.8, 4) is 0 Å². The average molecular weight is 413 g/mol. The van der Waals surface area contributed by atoms with Gasteiger partial charge >= 0.3 is 5.97 Å². The van der Waals surface area contributed by atoms with E-state index in [0.717, 1.165) is 44.8 Å². The van der Waals surface area contributed by atoms with Crippen LogP contribution in [0.5, 0.6) is 0 Å². The van der Waals surface area contributed by atoms with E-state index < -0.39 is 5.97 Å². The second-order valence-corrected chi connectivity index (χ2v) is 8.56. The second-order valence-electron chi connectivity index (χ2n) is 8.56. The first-order chi connectivity index (χ1) is 14.5. The van der Waals surface area contributed by atoms with Gasteiger partial charge in [0, 0.05) is 49.0 Å². The van der Waals surface area contributed by atoms with Crippen LogP contribution in [-0.2, 0) is 34.2 Å². The minimum absolute atomic E-state index is 0.0252. The number of aromatic nitrogens is 1. The quantitative estimate of drug-likeness (QED) is 0.707. The molecule has 1 unspecified atom stereocenters. The van der Waals surface area contributed by atoms with Crippen LogP contribution in [0.4, 0.5) is 0 Å². The lowest BCUT2D eigenvalue weighted by Crippen LogP contribution is -2.36.